The maximum absolute atomic E-state index is 10.5. The number of aliphatic hydroxyl groups is 1. The van der Waals surface area contributed by atoms with Crippen molar-refractivity contribution in [2.45, 2.75) is 31.8 Å². The quantitative estimate of drug-likeness (QED) is 0.568. The molecule has 1 unspecified atom stereocenters. The summed E-state index contributed by atoms with van der Waals surface area (Å²) < 4.78 is 7.45. The molecule has 0 aromatic rings. The largest absolute Gasteiger partial charge is 0.481 e. The van der Waals surface area contributed by atoms with Crippen LogP contribution in [-0.4, -0.2) is 22.3 Å². The van der Waals surface area contributed by atoms with Gasteiger partial charge in [0.05, 0.1) is 12.0 Å². The topological polar surface area (TPSA) is 57.5 Å². The van der Waals surface area contributed by atoms with E-state index in [1.807, 2.05) is 0 Å². The van der Waals surface area contributed by atoms with Gasteiger partial charge in [-0.3, -0.25) is 4.79 Å². The van der Waals surface area contributed by atoms with Crippen LogP contribution in [0.4, 0.5) is 0 Å². The van der Waals surface area contributed by atoms with Gasteiger partial charge in [-0.25, -0.2) is 0 Å². The molecule has 1 aliphatic carbocycles. The molecule has 3 heteroatoms. The molecule has 1 fully saturated rings. The van der Waals surface area contributed by atoms with Crippen LogP contribution in [0.5, 0.6) is 0 Å². The summed E-state index contributed by atoms with van der Waals surface area (Å²) >= 11 is 0. The Morgan fingerprint density at radius 2 is 2.30 bits per heavy atom. The number of aliphatic carboxylic acids is 1. The molecule has 0 amide bonds. The predicted molar refractivity (Wildman–Crippen MR) is 35.6 cm³/mol. The second kappa shape index (κ2) is 3.01. The van der Waals surface area contributed by atoms with Gasteiger partial charge in [0.2, 0.25) is 0 Å². The van der Waals surface area contributed by atoms with Crippen molar-refractivity contribution in [3.63, 3.8) is 0 Å². The molecular weight excluding hydrogens is 132 g/mol. The van der Waals surface area contributed by atoms with E-state index in [1.165, 1.54) is 0 Å². The minimum absolute atomic E-state index is 0.0718. The van der Waals surface area contributed by atoms with E-state index in [-0.39, 0.29) is 6.42 Å². The van der Waals surface area contributed by atoms with E-state index in [2.05, 4.69) is 0 Å². The van der Waals surface area contributed by atoms with Crippen molar-refractivity contribution in [1.29, 1.82) is 0 Å². The van der Waals surface area contributed by atoms with Crippen LogP contribution in [-0.2, 0) is 4.79 Å². The SMILES string of the molecule is [2H]C1(C(=O)O)CCC[C@@H](O)C1. The average Bonchev–Trinajstić information content (AvgIpc) is 1.86. The molecule has 1 rings (SSSR count). The van der Waals surface area contributed by atoms with Crippen molar-refractivity contribution in [2.24, 2.45) is 5.89 Å². The second-order valence-corrected chi connectivity index (χ2v) is 2.66. The number of aliphatic hydroxyl groups excluding tert-OH is 1. The standard InChI is InChI=1S/C7H12O3/c8-6-3-1-2-5(4-6)7(9)10/h5-6,8H,1-4H2,(H,9,10)/t5?,6-/m1/s1/i5D. The predicted octanol–water partition coefficient (Wildman–Crippen LogP) is 0.622. The summed E-state index contributed by atoms with van der Waals surface area (Å²) in [4.78, 5) is 10.5. The van der Waals surface area contributed by atoms with Crippen molar-refractivity contribution in [1.82, 2.24) is 0 Å². The van der Waals surface area contributed by atoms with E-state index < -0.39 is 18.0 Å². The van der Waals surface area contributed by atoms with Gasteiger partial charge in [0, 0.05) is 1.37 Å². The highest BCUT2D eigenvalue weighted by atomic mass is 16.4. The van der Waals surface area contributed by atoms with Crippen LogP contribution < -0.4 is 0 Å². The molecule has 0 spiro atoms. The van der Waals surface area contributed by atoms with Crippen LogP contribution in [0.25, 0.3) is 0 Å². The Morgan fingerprint density at radius 1 is 1.60 bits per heavy atom. The van der Waals surface area contributed by atoms with Crippen molar-refractivity contribution in [2.75, 3.05) is 0 Å². The molecule has 58 valence electrons. The molecule has 0 heterocycles. The lowest BCUT2D eigenvalue weighted by molar-refractivity contribution is -0.144. The fraction of sp³-hybridized carbons (Fsp3) is 0.857. The van der Waals surface area contributed by atoms with Gasteiger partial charge in [0.15, 0.2) is 0 Å². The van der Waals surface area contributed by atoms with Crippen molar-refractivity contribution in [3.8, 4) is 0 Å². The monoisotopic (exact) mass is 145 g/mol. The summed E-state index contributed by atoms with van der Waals surface area (Å²) in [7, 11) is 0. The normalized spacial score (nSPS) is 42.5. The van der Waals surface area contributed by atoms with Crippen molar-refractivity contribution < 1.29 is 16.4 Å². The number of carboxylic acids is 1. The number of carbonyl (C=O) groups is 1. The zero-order valence-electron chi connectivity index (χ0n) is 6.71. The highest BCUT2D eigenvalue weighted by molar-refractivity contribution is 5.70. The van der Waals surface area contributed by atoms with Crippen LogP contribution >= 0.6 is 0 Å². The van der Waals surface area contributed by atoms with Crippen LogP contribution in [0.1, 0.15) is 27.1 Å². The number of rotatable bonds is 1. The number of hydrogen-bond donors (Lipinski definition) is 2. The van der Waals surface area contributed by atoms with Crippen molar-refractivity contribution >= 4 is 5.97 Å². The summed E-state index contributed by atoms with van der Waals surface area (Å²) in [5, 5.41) is 17.7. The van der Waals surface area contributed by atoms with Crippen LogP contribution in [0.2, 0.25) is 0 Å². The smallest absolute Gasteiger partial charge is 0.306 e. The van der Waals surface area contributed by atoms with Crippen molar-refractivity contribution in [3.05, 3.63) is 0 Å². The van der Waals surface area contributed by atoms with E-state index in [4.69, 9.17) is 11.6 Å². The highest BCUT2D eigenvalue weighted by Crippen LogP contribution is 2.23. The Bertz CT molecular complexity index is 171. The first kappa shape index (κ1) is 6.16. The molecule has 0 saturated heterocycles. The van der Waals surface area contributed by atoms with Gasteiger partial charge in [-0.1, -0.05) is 6.42 Å². The lowest BCUT2D eigenvalue weighted by Crippen LogP contribution is -2.25. The maximum Gasteiger partial charge on any atom is 0.306 e. The summed E-state index contributed by atoms with van der Waals surface area (Å²) in [6.45, 7) is 0. The Hall–Kier alpha value is -0.570. The van der Waals surface area contributed by atoms with E-state index in [0.717, 1.165) is 0 Å². The first-order chi connectivity index (χ1) is 5.04. The minimum atomic E-state index is -1.43. The molecule has 0 aliphatic heterocycles. The Labute approximate surface area is 61.1 Å². The van der Waals surface area contributed by atoms with Gasteiger partial charge in [-0.05, 0) is 19.3 Å². The molecule has 2 atom stereocenters. The summed E-state index contributed by atoms with van der Waals surface area (Å²) in [5.41, 5.74) is 0. The molecule has 1 saturated carbocycles. The Balaban J connectivity index is 2.63. The molecule has 3 nitrogen and oxygen atoms in total. The zero-order valence-corrected chi connectivity index (χ0v) is 5.71. The molecule has 0 aromatic heterocycles. The van der Waals surface area contributed by atoms with E-state index >= 15 is 0 Å². The third-order valence-corrected chi connectivity index (χ3v) is 1.80. The average molecular weight is 145 g/mol. The fourth-order valence-electron chi connectivity index (χ4n) is 1.23. The third-order valence-electron chi connectivity index (χ3n) is 1.80. The first-order valence-electron chi connectivity index (χ1n) is 3.96. The Morgan fingerprint density at radius 3 is 2.70 bits per heavy atom. The molecule has 10 heavy (non-hydrogen) atoms. The summed E-state index contributed by atoms with van der Waals surface area (Å²) in [6, 6.07) is 0. The Kier molecular flexibility index (Phi) is 1.86. The lowest BCUT2D eigenvalue weighted by Gasteiger charge is -2.21. The highest BCUT2D eigenvalue weighted by Gasteiger charge is 2.25. The van der Waals surface area contributed by atoms with Crippen LogP contribution in [0.3, 0.4) is 0 Å². The van der Waals surface area contributed by atoms with Gasteiger partial charge in [0.25, 0.3) is 0 Å². The zero-order chi connectivity index (χ0) is 8.48. The van der Waals surface area contributed by atoms with Gasteiger partial charge in [-0.15, -0.1) is 0 Å². The molecule has 1 aliphatic rings. The minimum Gasteiger partial charge on any atom is -0.481 e. The summed E-state index contributed by atoms with van der Waals surface area (Å²) in [5.74, 6) is -2.55. The van der Waals surface area contributed by atoms with E-state index in [1.54, 1.807) is 0 Å². The first-order valence-corrected chi connectivity index (χ1v) is 3.46. The maximum atomic E-state index is 10.5. The number of carboxylic acid groups (broad SMARTS) is 1. The van der Waals surface area contributed by atoms with Crippen LogP contribution in [0, 0.1) is 5.89 Å². The lowest BCUT2D eigenvalue weighted by atomic mass is 9.87. The fourth-order valence-corrected chi connectivity index (χ4v) is 1.23. The second-order valence-electron chi connectivity index (χ2n) is 2.66. The van der Waals surface area contributed by atoms with E-state index in [9.17, 15) is 4.79 Å². The molecule has 0 aromatic carbocycles. The molecule has 2 N–H and O–H groups in total. The van der Waals surface area contributed by atoms with E-state index in [0.29, 0.717) is 19.3 Å². The van der Waals surface area contributed by atoms with Gasteiger partial charge < -0.3 is 10.2 Å². The number of hydrogen-bond acceptors (Lipinski definition) is 2. The third kappa shape index (κ3) is 1.70. The molecular formula is C7H12O3. The van der Waals surface area contributed by atoms with Crippen LogP contribution in [0.15, 0.2) is 0 Å². The molecule has 0 radical (unpaired) electrons. The van der Waals surface area contributed by atoms with Gasteiger partial charge >= 0.3 is 5.97 Å². The summed E-state index contributed by atoms with van der Waals surface area (Å²) in [6.07, 6.45) is 1.10. The van der Waals surface area contributed by atoms with Gasteiger partial charge in [-0.2, -0.15) is 0 Å². The molecule has 0 bridgehead atoms. The van der Waals surface area contributed by atoms with Gasteiger partial charge in [0.1, 0.15) is 0 Å².